The second-order valence-electron chi connectivity index (χ2n) is 26.0. The Morgan fingerprint density at radius 3 is 1.02 bits per heavy atom. The molecule has 1 heterocycles. The van der Waals surface area contributed by atoms with E-state index in [1.54, 1.807) is 32.4 Å². The van der Waals surface area contributed by atoms with Crippen molar-refractivity contribution in [3.8, 4) is 23.0 Å². The summed E-state index contributed by atoms with van der Waals surface area (Å²) in [6, 6.07) is 50.1. The van der Waals surface area contributed by atoms with Crippen LogP contribution in [0.4, 0.5) is 86.0 Å². The molecule has 682 valence electrons. The van der Waals surface area contributed by atoms with Crippen molar-refractivity contribution in [2.75, 3.05) is 149 Å². The van der Waals surface area contributed by atoms with Crippen LogP contribution in [0.15, 0.2) is 146 Å². The average molecular weight is 1840 g/mol. The van der Waals surface area contributed by atoms with Crippen LogP contribution in [0.25, 0.3) is 0 Å². The standard InChI is InChI=1S/C26H35NO10.C22H32N2S2.C16H19NO.C11H17NS.C3H8O.3F6P/c27-26(28)37-20-21-5-6-24-25(19-21)36-18-14-32-10-9-30-12-16-34-23-4-2-1-3-22(23)33-15-11-29-7-8-31-13-17-35-24;1-17-9-18(2)12-21(11-17)15-23-5-7-25-26-8-6-24-16-22-13-19(3)10-20(4)14-22;1-13-3-5-14(6-4-13)11-15-7-9-16(10-8-15)17-12-18-2;1-9-5-10(2)7-11(6-9)8-12-3-4-13;1-3-4-2;3*1-7(2,3,4,5)6/h1-6,19H,7-18,20H2,(H2,27,28);9-14,23-24H,5-8,15-16H2,1-4H3;3-10,17H,11-12H2,1-2H3;5-7,12-13H,3-4,8H2,1-2H3;3H2,1-2H3;;;/q;;;;;3*-1. The maximum absolute atomic E-state index is 10.9. The molecule has 1 aliphatic heterocycles. The summed E-state index contributed by atoms with van der Waals surface area (Å²) in [6.45, 7) is 29.0. The normalized spacial score (nSPS) is 14.8. The summed E-state index contributed by atoms with van der Waals surface area (Å²) in [5, 5.41) is 13.6. The molecule has 1 aliphatic rings. The van der Waals surface area contributed by atoms with E-state index in [9.17, 15) is 80.3 Å². The number of anilines is 1. The minimum absolute atomic E-state index is 0.0310. The van der Waals surface area contributed by atoms with E-state index >= 15 is 0 Å². The number of nitrogens with one attached hydrogen (secondary N) is 4. The number of methoxy groups -OCH3 is 2. The fourth-order valence-corrected chi connectivity index (χ4v) is 11.7. The number of ether oxygens (including phenoxy) is 11. The van der Waals surface area contributed by atoms with Crippen LogP contribution >= 0.6 is 57.6 Å². The number of nitrogens with two attached hydrogens (primary N) is 1. The average Bonchev–Trinajstić information content (AvgIpc) is 0.798. The minimum Gasteiger partial charge on any atom is -0.487 e. The summed E-state index contributed by atoms with van der Waals surface area (Å²) in [6.07, 6.45) is 0.130. The van der Waals surface area contributed by atoms with Crippen molar-refractivity contribution < 1.29 is 132 Å². The van der Waals surface area contributed by atoms with Crippen LogP contribution in [0.1, 0.15) is 79.2 Å². The SMILES string of the molecule is CCOC.COCNc1ccc(Cc2ccc(C)cc2)cc1.Cc1cc(C)cc(CNCCS)c1.Cc1cc(C)cc(CNCCSSCCNCc2cc(C)cc(C)c2)c1.F[P-](F)(F)(F)(F)F.F[P-](F)(F)(F)(F)F.F[P-](F)(F)(F)(F)F.NC(=O)OCc1ccc2c(c1)OCCOCCOCCOc1ccccc1OCCOCCOCCO2. The molecule has 0 saturated carbocycles. The van der Waals surface area contributed by atoms with Crippen molar-refractivity contribution in [2.45, 2.75) is 88.1 Å². The van der Waals surface area contributed by atoms with Gasteiger partial charge >= 0.3 is 105 Å². The number of halogens is 18. The smallest absolute Gasteiger partial charge is 0.404 e. The van der Waals surface area contributed by atoms with Gasteiger partial charge in [0.2, 0.25) is 0 Å². The van der Waals surface area contributed by atoms with E-state index in [4.69, 9.17) is 53.1 Å². The van der Waals surface area contributed by atoms with Crippen LogP contribution in [0.2, 0.25) is 0 Å². The number of hydrogen-bond acceptors (Lipinski definition) is 19. The third kappa shape index (κ3) is 77.3. The maximum Gasteiger partial charge on any atom is 0.404 e. The number of amides is 1. The molecule has 17 nitrogen and oxygen atoms in total. The Hall–Kier alpha value is -6.47. The Kier molecular flexibility index (Phi) is 48.5. The summed E-state index contributed by atoms with van der Waals surface area (Å²) in [7, 11) is -24.7. The minimum atomic E-state index is -10.7. The molecule has 0 aromatic heterocycles. The van der Waals surface area contributed by atoms with Crippen LogP contribution in [0, 0.1) is 48.5 Å². The number of primary amides is 1. The quantitative estimate of drug-likeness (QED) is 0.00884. The van der Waals surface area contributed by atoms with Gasteiger partial charge in [-0.2, -0.15) is 12.6 Å². The summed E-state index contributed by atoms with van der Waals surface area (Å²) in [4.78, 5) is 10.9. The van der Waals surface area contributed by atoms with Gasteiger partial charge in [0, 0.05) is 83.0 Å². The van der Waals surface area contributed by atoms with E-state index < -0.39 is 29.5 Å². The molecule has 0 atom stereocenters. The monoisotopic (exact) mass is 1840 g/mol. The zero-order chi connectivity index (χ0) is 89.9. The zero-order valence-corrected chi connectivity index (χ0v) is 73.1. The zero-order valence-electron chi connectivity index (χ0n) is 67.9. The summed E-state index contributed by atoms with van der Waals surface area (Å²) < 4.78 is 237. The number of hydrogen-bond donors (Lipinski definition) is 6. The van der Waals surface area contributed by atoms with E-state index in [1.165, 1.54) is 66.8 Å². The van der Waals surface area contributed by atoms with Crippen LogP contribution in [0.3, 0.4) is 0 Å². The van der Waals surface area contributed by atoms with Gasteiger partial charge in [-0.05, 0) is 132 Å². The van der Waals surface area contributed by atoms with Gasteiger partial charge in [0.05, 0.1) is 52.9 Å². The molecule has 6 N–H and O–H groups in total. The first-order valence-electron chi connectivity index (χ1n) is 36.7. The molecule has 7 aromatic carbocycles. The topological polar surface area (TPSA) is 193 Å². The first-order valence-corrected chi connectivity index (χ1v) is 45.9. The Labute approximate surface area is 698 Å². The maximum atomic E-state index is 10.9. The third-order valence-electron chi connectivity index (χ3n) is 14.0. The van der Waals surface area contributed by atoms with Gasteiger partial charge in [-0.15, -0.1) is 0 Å². The van der Waals surface area contributed by atoms with Gasteiger partial charge in [-0.3, -0.25) is 0 Å². The molecule has 0 bridgehead atoms. The number of carbonyl (C=O) groups excluding carboxylic acids is 1. The molecule has 0 saturated heterocycles. The first-order chi connectivity index (χ1) is 55.0. The molecule has 1 amide bonds. The number of fused-ring (bicyclic) bond motifs is 2. The molecular weight excluding hydrogens is 1730 g/mol. The van der Waals surface area contributed by atoms with Gasteiger partial charge in [-0.1, -0.05) is 170 Å². The fraction of sp³-hybridized carbons (Fsp3) is 0.449. The van der Waals surface area contributed by atoms with Crippen LogP contribution in [-0.2, 0) is 65.8 Å². The van der Waals surface area contributed by atoms with Crippen molar-refractivity contribution in [1.82, 2.24) is 16.0 Å². The van der Waals surface area contributed by atoms with E-state index in [0.717, 1.165) is 75.2 Å². The van der Waals surface area contributed by atoms with Crippen molar-refractivity contribution in [2.24, 2.45) is 5.73 Å². The molecule has 0 aliphatic carbocycles. The third-order valence-corrected chi connectivity index (χ3v) is 16.7. The predicted octanol–water partition coefficient (Wildman–Crippen LogP) is 24.5. The van der Waals surface area contributed by atoms with E-state index in [1.807, 2.05) is 52.8 Å². The Morgan fingerprint density at radius 1 is 0.395 bits per heavy atom. The number of para-hydroxylation sites is 2. The predicted molar refractivity (Wildman–Crippen MR) is 448 cm³/mol. The molecule has 0 spiro atoms. The van der Waals surface area contributed by atoms with Gasteiger partial charge in [0.25, 0.3) is 0 Å². The number of thiol groups is 1. The number of rotatable bonds is 23. The van der Waals surface area contributed by atoms with Gasteiger partial charge in [0.1, 0.15) is 39.8 Å². The first kappa shape index (κ1) is 111. The molecule has 7 aromatic rings. The summed E-state index contributed by atoms with van der Waals surface area (Å²) in [5.41, 5.74) is 23.0. The summed E-state index contributed by atoms with van der Waals surface area (Å²) in [5.74, 6) is 5.54. The second kappa shape index (κ2) is 52.2. The van der Waals surface area contributed by atoms with Gasteiger partial charge < -0.3 is 79.1 Å². The van der Waals surface area contributed by atoms with Crippen LogP contribution < -0.4 is 45.9 Å². The largest absolute Gasteiger partial charge is 0.487 e. The molecule has 8 rings (SSSR count). The van der Waals surface area contributed by atoms with Crippen molar-refractivity contribution >= 4 is 69.4 Å². The number of carbonyl (C=O) groups is 1. The molecule has 0 unspecified atom stereocenters. The Morgan fingerprint density at radius 2 is 0.697 bits per heavy atom. The van der Waals surface area contributed by atoms with Crippen LogP contribution in [0.5, 0.6) is 23.0 Å². The van der Waals surface area contributed by atoms with Crippen LogP contribution in [-0.4, -0.2) is 150 Å². The van der Waals surface area contributed by atoms with Crippen molar-refractivity contribution in [3.05, 3.63) is 218 Å². The van der Waals surface area contributed by atoms with Crippen molar-refractivity contribution in [3.63, 3.8) is 0 Å². The molecular formula is C78H111F18N5O12P3S3-3. The van der Waals surface area contributed by atoms with Crippen molar-refractivity contribution in [1.29, 1.82) is 0 Å². The second-order valence-corrected chi connectivity index (χ2v) is 34.9. The fourth-order valence-electron chi connectivity index (χ4n) is 9.68. The van der Waals surface area contributed by atoms with E-state index in [0.29, 0.717) is 115 Å². The van der Waals surface area contributed by atoms with Gasteiger partial charge in [-0.25, -0.2) is 4.79 Å². The Balaban J connectivity index is 0.000000752. The number of aryl methyl sites for hydroxylation is 7. The van der Waals surface area contributed by atoms with E-state index in [2.05, 4.69) is 190 Å². The molecule has 0 radical (unpaired) electrons. The van der Waals surface area contributed by atoms with Gasteiger partial charge in [0.15, 0.2) is 23.0 Å². The summed E-state index contributed by atoms with van der Waals surface area (Å²) >= 11 is 4.15. The molecule has 119 heavy (non-hydrogen) atoms. The Bertz CT molecular complexity index is 3780. The number of benzene rings is 7. The molecule has 0 fully saturated rings. The molecule has 41 heteroatoms. The van der Waals surface area contributed by atoms with E-state index in [-0.39, 0.29) is 6.61 Å².